The Hall–Kier alpha value is -1.29. The second kappa shape index (κ2) is 4.98. The van der Waals surface area contributed by atoms with Gasteiger partial charge in [-0.05, 0) is 30.9 Å². The van der Waals surface area contributed by atoms with Gasteiger partial charge in [-0.1, -0.05) is 0 Å². The fourth-order valence-electron chi connectivity index (χ4n) is 1.60. The van der Waals surface area contributed by atoms with E-state index in [-0.39, 0.29) is 0 Å². The quantitative estimate of drug-likeness (QED) is 0.817. The summed E-state index contributed by atoms with van der Waals surface area (Å²) in [6.45, 7) is 2.46. The standard InChI is InChI=1S/C11H16N2O2/c12-11-2-1-10(7-13-11)15-8-9-3-5-14-6-4-9/h1-2,7,9H,3-6,8H2,(H2,12,13). The lowest BCUT2D eigenvalue weighted by Crippen LogP contribution is -2.21. The van der Waals surface area contributed by atoms with Crippen molar-refractivity contribution in [2.24, 2.45) is 5.92 Å². The van der Waals surface area contributed by atoms with E-state index in [1.807, 2.05) is 6.07 Å². The van der Waals surface area contributed by atoms with E-state index in [4.69, 9.17) is 15.2 Å². The molecule has 0 unspecified atom stereocenters. The van der Waals surface area contributed by atoms with Gasteiger partial charge in [-0.2, -0.15) is 0 Å². The van der Waals surface area contributed by atoms with E-state index in [1.165, 1.54) is 0 Å². The molecular formula is C11H16N2O2. The molecule has 0 aromatic carbocycles. The third-order valence-electron chi connectivity index (χ3n) is 2.59. The maximum Gasteiger partial charge on any atom is 0.137 e. The van der Waals surface area contributed by atoms with Crippen LogP contribution < -0.4 is 10.5 Å². The first-order chi connectivity index (χ1) is 7.34. The molecule has 1 aromatic rings. The second-order valence-corrected chi connectivity index (χ2v) is 3.79. The Kier molecular flexibility index (Phi) is 3.40. The van der Waals surface area contributed by atoms with Crippen LogP contribution in [-0.4, -0.2) is 24.8 Å². The molecule has 0 saturated carbocycles. The minimum Gasteiger partial charge on any atom is -0.492 e. The van der Waals surface area contributed by atoms with Crippen molar-refractivity contribution in [3.05, 3.63) is 18.3 Å². The van der Waals surface area contributed by atoms with Crippen molar-refractivity contribution < 1.29 is 9.47 Å². The van der Waals surface area contributed by atoms with Gasteiger partial charge >= 0.3 is 0 Å². The monoisotopic (exact) mass is 208 g/mol. The van der Waals surface area contributed by atoms with Gasteiger partial charge in [-0.15, -0.1) is 0 Å². The summed E-state index contributed by atoms with van der Waals surface area (Å²) in [7, 11) is 0. The van der Waals surface area contributed by atoms with Crippen molar-refractivity contribution in [2.45, 2.75) is 12.8 Å². The molecule has 1 fully saturated rings. The molecule has 1 aromatic heterocycles. The number of nitrogen functional groups attached to an aromatic ring is 1. The molecule has 1 aliphatic rings. The third-order valence-corrected chi connectivity index (χ3v) is 2.59. The number of nitrogens with zero attached hydrogens (tertiary/aromatic N) is 1. The van der Waals surface area contributed by atoms with Crippen molar-refractivity contribution >= 4 is 5.82 Å². The van der Waals surface area contributed by atoms with Crippen LogP contribution in [0.2, 0.25) is 0 Å². The lowest BCUT2D eigenvalue weighted by molar-refractivity contribution is 0.0497. The molecule has 82 valence electrons. The van der Waals surface area contributed by atoms with Crippen LogP contribution in [-0.2, 0) is 4.74 Å². The van der Waals surface area contributed by atoms with E-state index in [0.717, 1.165) is 38.4 Å². The average Bonchev–Trinajstić information content (AvgIpc) is 2.30. The largest absolute Gasteiger partial charge is 0.492 e. The summed E-state index contributed by atoms with van der Waals surface area (Å²) >= 11 is 0. The molecule has 0 bridgehead atoms. The predicted octanol–water partition coefficient (Wildman–Crippen LogP) is 1.47. The topological polar surface area (TPSA) is 57.4 Å². The van der Waals surface area contributed by atoms with Crippen molar-refractivity contribution in [2.75, 3.05) is 25.6 Å². The summed E-state index contributed by atoms with van der Waals surface area (Å²) in [5.74, 6) is 1.92. The Morgan fingerprint density at radius 1 is 1.40 bits per heavy atom. The Morgan fingerprint density at radius 3 is 2.87 bits per heavy atom. The Labute approximate surface area is 89.4 Å². The van der Waals surface area contributed by atoms with Gasteiger partial charge in [0.1, 0.15) is 11.6 Å². The van der Waals surface area contributed by atoms with E-state index in [0.29, 0.717) is 11.7 Å². The summed E-state index contributed by atoms with van der Waals surface area (Å²) in [5, 5.41) is 0. The van der Waals surface area contributed by atoms with Crippen molar-refractivity contribution in [1.29, 1.82) is 0 Å². The fraction of sp³-hybridized carbons (Fsp3) is 0.545. The fourth-order valence-corrected chi connectivity index (χ4v) is 1.60. The molecule has 0 atom stereocenters. The zero-order valence-electron chi connectivity index (χ0n) is 8.69. The Balaban J connectivity index is 1.79. The minimum atomic E-state index is 0.522. The van der Waals surface area contributed by atoms with Gasteiger partial charge in [0.15, 0.2) is 0 Å². The van der Waals surface area contributed by atoms with Gasteiger partial charge in [0.05, 0.1) is 12.8 Å². The summed E-state index contributed by atoms with van der Waals surface area (Å²) < 4.78 is 10.9. The average molecular weight is 208 g/mol. The van der Waals surface area contributed by atoms with Crippen LogP contribution >= 0.6 is 0 Å². The number of hydrogen-bond acceptors (Lipinski definition) is 4. The van der Waals surface area contributed by atoms with Crippen LogP contribution in [0.4, 0.5) is 5.82 Å². The van der Waals surface area contributed by atoms with Crippen molar-refractivity contribution in [1.82, 2.24) is 4.98 Å². The number of ether oxygens (including phenoxy) is 2. The first kappa shape index (κ1) is 10.2. The molecule has 4 heteroatoms. The SMILES string of the molecule is Nc1ccc(OCC2CCOCC2)cn1. The lowest BCUT2D eigenvalue weighted by Gasteiger charge is -2.21. The van der Waals surface area contributed by atoms with Gasteiger partial charge in [0, 0.05) is 13.2 Å². The highest BCUT2D eigenvalue weighted by atomic mass is 16.5. The van der Waals surface area contributed by atoms with Crippen molar-refractivity contribution in [3.8, 4) is 5.75 Å². The van der Waals surface area contributed by atoms with Crippen LogP contribution in [0.3, 0.4) is 0 Å². The van der Waals surface area contributed by atoms with Gasteiger partial charge in [0.2, 0.25) is 0 Å². The molecule has 0 aliphatic carbocycles. The van der Waals surface area contributed by atoms with E-state index < -0.39 is 0 Å². The molecule has 1 aliphatic heterocycles. The number of aromatic nitrogens is 1. The maximum absolute atomic E-state index is 5.63. The van der Waals surface area contributed by atoms with E-state index in [1.54, 1.807) is 12.3 Å². The third kappa shape index (κ3) is 3.09. The second-order valence-electron chi connectivity index (χ2n) is 3.79. The summed E-state index contributed by atoms with van der Waals surface area (Å²) in [4.78, 5) is 3.97. The smallest absolute Gasteiger partial charge is 0.137 e. The number of pyridine rings is 1. The molecule has 2 heterocycles. The summed E-state index contributed by atoms with van der Waals surface area (Å²) in [5.41, 5.74) is 5.48. The number of rotatable bonds is 3. The molecule has 2 N–H and O–H groups in total. The highest BCUT2D eigenvalue weighted by Gasteiger charge is 2.14. The molecule has 1 saturated heterocycles. The lowest BCUT2D eigenvalue weighted by atomic mass is 10.0. The van der Waals surface area contributed by atoms with Crippen LogP contribution in [0.15, 0.2) is 18.3 Å². The molecule has 0 amide bonds. The number of hydrogen-bond donors (Lipinski definition) is 1. The Morgan fingerprint density at radius 2 is 2.20 bits per heavy atom. The maximum atomic E-state index is 5.63. The molecule has 15 heavy (non-hydrogen) atoms. The van der Waals surface area contributed by atoms with Gasteiger partial charge < -0.3 is 15.2 Å². The first-order valence-electron chi connectivity index (χ1n) is 5.26. The van der Waals surface area contributed by atoms with E-state index in [2.05, 4.69) is 4.98 Å². The van der Waals surface area contributed by atoms with Crippen LogP contribution in [0.25, 0.3) is 0 Å². The molecule has 0 radical (unpaired) electrons. The zero-order chi connectivity index (χ0) is 10.5. The minimum absolute atomic E-state index is 0.522. The molecule has 4 nitrogen and oxygen atoms in total. The summed E-state index contributed by atoms with van der Waals surface area (Å²) in [6, 6.07) is 3.60. The van der Waals surface area contributed by atoms with Crippen LogP contribution in [0.1, 0.15) is 12.8 Å². The van der Waals surface area contributed by atoms with Gasteiger partial charge in [-0.3, -0.25) is 0 Å². The van der Waals surface area contributed by atoms with Crippen LogP contribution in [0, 0.1) is 5.92 Å². The summed E-state index contributed by atoms with van der Waals surface area (Å²) in [6.07, 6.45) is 3.83. The first-order valence-corrected chi connectivity index (χ1v) is 5.26. The molecular weight excluding hydrogens is 192 g/mol. The number of anilines is 1. The van der Waals surface area contributed by atoms with Gasteiger partial charge in [-0.25, -0.2) is 4.98 Å². The number of nitrogens with two attached hydrogens (primary N) is 1. The predicted molar refractivity (Wildman–Crippen MR) is 57.7 cm³/mol. The highest BCUT2D eigenvalue weighted by Crippen LogP contribution is 2.17. The van der Waals surface area contributed by atoms with E-state index >= 15 is 0 Å². The van der Waals surface area contributed by atoms with Gasteiger partial charge in [0.25, 0.3) is 0 Å². The highest BCUT2D eigenvalue weighted by molar-refractivity contribution is 5.32. The van der Waals surface area contributed by atoms with Crippen LogP contribution in [0.5, 0.6) is 5.75 Å². The normalized spacial score (nSPS) is 17.6. The Bertz CT molecular complexity index is 294. The zero-order valence-corrected chi connectivity index (χ0v) is 8.69. The van der Waals surface area contributed by atoms with Crippen molar-refractivity contribution in [3.63, 3.8) is 0 Å². The van der Waals surface area contributed by atoms with E-state index in [9.17, 15) is 0 Å². The molecule has 0 spiro atoms. The molecule has 2 rings (SSSR count).